The Bertz CT molecular complexity index is 1410. The Hall–Kier alpha value is -2.75. The molecule has 370 valence electrons. The zero-order valence-corrected chi connectivity index (χ0v) is 39.8. The first-order chi connectivity index (χ1) is 30.7. The minimum Gasteiger partial charge on any atom is -0.480 e. The van der Waals surface area contributed by atoms with Crippen molar-refractivity contribution in [2.75, 3.05) is 19.8 Å². The van der Waals surface area contributed by atoms with Crippen molar-refractivity contribution in [2.45, 2.75) is 211 Å². The third kappa shape index (κ3) is 31.2. The van der Waals surface area contributed by atoms with Crippen LogP contribution in [0.5, 0.6) is 0 Å². The largest absolute Gasteiger partial charge is 0.480 e. The molecule has 0 amide bonds. The first-order valence-electron chi connectivity index (χ1n) is 24.2. The number of Topliss-reactive ketones (excluding diaryl/α,β-unsaturated/α-hetero) is 1. The third-order valence-electron chi connectivity index (χ3n) is 11.3. The second-order valence-corrected chi connectivity index (χ2v) is 18.7. The lowest BCUT2D eigenvalue weighted by molar-refractivity contribution is -0.161. The van der Waals surface area contributed by atoms with Crippen molar-refractivity contribution in [1.82, 2.24) is 0 Å². The van der Waals surface area contributed by atoms with Gasteiger partial charge in [0.05, 0.1) is 31.5 Å². The predicted molar refractivity (Wildman–Crippen MR) is 247 cm³/mol. The molecule has 1 aliphatic carbocycles. The number of aliphatic hydroxyl groups excluding tert-OH is 3. The number of carboxylic acids is 1. The smallest absolute Gasteiger partial charge is 0.472 e. The highest BCUT2D eigenvalue weighted by molar-refractivity contribution is 7.47. The van der Waals surface area contributed by atoms with Crippen LogP contribution in [0, 0.1) is 11.8 Å². The molecule has 1 unspecified atom stereocenters. The van der Waals surface area contributed by atoms with Crippen molar-refractivity contribution in [3.63, 3.8) is 0 Å². The number of phosphoric ester groups is 1. The summed E-state index contributed by atoms with van der Waals surface area (Å²) >= 11 is 0. The maximum absolute atomic E-state index is 12.9. The van der Waals surface area contributed by atoms with Gasteiger partial charge < -0.3 is 40.5 Å². The van der Waals surface area contributed by atoms with E-state index in [0.29, 0.717) is 19.3 Å². The Morgan fingerprint density at radius 2 is 1.25 bits per heavy atom. The maximum atomic E-state index is 12.9. The highest BCUT2D eigenvalue weighted by Crippen LogP contribution is 2.43. The van der Waals surface area contributed by atoms with Gasteiger partial charge in [-0.15, -0.1) is 0 Å². The third-order valence-corrected chi connectivity index (χ3v) is 12.3. The Morgan fingerprint density at radius 3 is 1.89 bits per heavy atom. The van der Waals surface area contributed by atoms with Gasteiger partial charge in [-0.25, -0.2) is 4.57 Å². The first-order valence-corrected chi connectivity index (χ1v) is 25.7. The number of aliphatic hydroxyl groups is 3. The van der Waals surface area contributed by atoms with Gasteiger partial charge in [0.25, 0.3) is 0 Å². The van der Waals surface area contributed by atoms with Crippen molar-refractivity contribution in [1.29, 1.82) is 0 Å². The van der Waals surface area contributed by atoms with Crippen LogP contribution in [0.4, 0.5) is 0 Å². The average molecular weight is 930 g/mol. The van der Waals surface area contributed by atoms with Gasteiger partial charge in [0.2, 0.25) is 0 Å². The van der Waals surface area contributed by atoms with Gasteiger partial charge >= 0.3 is 25.7 Å². The molecule has 0 radical (unpaired) electrons. The lowest BCUT2D eigenvalue weighted by Gasteiger charge is -2.21. The number of esters is 2. The number of phosphoric acid groups is 1. The van der Waals surface area contributed by atoms with E-state index in [1.165, 1.54) is 51.4 Å². The Labute approximate surface area is 383 Å². The van der Waals surface area contributed by atoms with Gasteiger partial charge in [0, 0.05) is 43.9 Å². The molecule has 0 spiro atoms. The Morgan fingerprint density at radius 1 is 0.703 bits per heavy atom. The molecule has 7 N–H and O–H groups in total. The summed E-state index contributed by atoms with van der Waals surface area (Å²) in [5, 5.41) is 40.3. The topological polar surface area (TPSA) is 249 Å². The molecule has 1 fully saturated rings. The summed E-state index contributed by atoms with van der Waals surface area (Å²) in [6.45, 7) is 2.30. The van der Waals surface area contributed by atoms with Crippen molar-refractivity contribution >= 4 is 31.5 Å². The van der Waals surface area contributed by atoms with Gasteiger partial charge in [-0.05, 0) is 57.8 Å². The average Bonchev–Trinajstić information content (AvgIpc) is 3.52. The molecule has 0 aromatic rings. The van der Waals surface area contributed by atoms with Crippen molar-refractivity contribution in [2.24, 2.45) is 17.6 Å². The molecule has 1 rings (SSSR count). The van der Waals surface area contributed by atoms with Crippen LogP contribution in [-0.2, 0) is 42.3 Å². The molecule has 0 aromatic heterocycles. The minimum absolute atomic E-state index is 0.0333. The normalized spacial score (nSPS) is 20.2. The number of hydrogen-bond acceptors (Lipinski definition) is 13. The van der Waals surface area contributed by atoms with Crippen LogP contribution in [0.15, 0.2) is 36.5 Å². The van der Waals surface area contributed by atoms with E-state index in [0.717, 1.165) is 57.8 Å². The Kier molecular flexibility index (Phi) is 34.6. The van der Waals surface area contributed by atoms with E-state index in [2.05, 4.69) is 42.7 Å². The second-order valence-electron chi connectivity index (χ2n) is 17.2. The summed E-state index contributed by atoms with van der Waals surface area (Å²) < 4.78 is 32.7. The van der Waals surface area contributed by atoms with Crippen LogP contribution >= 0.6 is 7.82 Å². The van der Waals surface area contributed by atoms with Crippen molar-refractivity contribution < 1.29 is 67.6 Å². The monoisotopic (exact) mass is 930 g/mol. The molecule has 0 aromatic carbocycles. The molecule has 0 heterocycles. The molecule has 0 bridgehead atoms. The van der Waals surface area contributed by atoms with E-state index in [1.807, 2.05) is 0 Å². The highest BCUT2D eigenvalue weighted by atomic mass is 31.2. The van der Waals surface area contributed by atoms with E-state index >= 15 is 0 Å². The number of rotatable bonds is 41. The van der Waals surface area contributed by atoms with Crippen LogP contribution in [0.3, 0.4) is 0 Å². The number of ether oxygens (including phenoxy) is 2. The summed E-state index contributed by atoms with van der Waals surface area (Å²) in [6.07, 6.45) is 29.8. The van der Waals surface area contributed by atoms with Gasteiger partial charge in [0.15, 0.2) is 6.10 Å². The summed E-state index contributed by atoms with van der Waals surface area (Å²) in [4.78, 5) is 59.2. The molecule has 0 aliphatic heterocycles. The molecule has 0 saturated heterocycles. The first kappa shape index (κ1) is 59.3. The fourth-order valence-electron chi connectivity index (χ4n) is 7.44. The van der Waals surface area contributed by atoms with Gasteiger partial charge in [-0.3, -0.25) is 28.2 Å². The van der Waals surface area contributed by atoms with E-state index in [1.54, 1.807) is 12.2 Å². The van der Waals surface area contributed by atoms with Crippen LogP contribution in [0.1, 0.15) is 181 Å². The van der Waals surface area contributed by atoms with Crippen LogP contribution < -0.4 is 5.73 Å². The second kappa shape index (κ2) is 37.4. The summed E-state index contributed by atoms with van der Waals surface area (Å²) in [5.74, 6) is -3.83. The van der Waals surface area contributed by atoms with E-state index in [4.69, 9.17) is 24.8 Å². The molecular formula is C48H84NO14P. The SMILES string of the molecule is CCCCC/C=C\C/C=C\CCCCCCCCCCCC(=O)OC[C@H](COP(=O)(O)OC[C@H](N)C(=O)O)OC(=O)CCCCC(=O)C[C@@H]1[C@@H](/C=C/[C@@H](O)CCCCC)[C@H](O)C[C@@H]1O. The molecule has 15 nitrogen and oxygen atoms in total. The molecule has 16 heteroatoms. The van der Waals surface area contributed by atoms with Crippen molar-refractivity contribution in [3.05, 3.63) is 36.5 Å². The van der Waals surface area contributed by atoms with E-state index < -0.39 is 87.8 Å². The Balaban J connectivity index is 2.46. The lowest BCUT2D eigenvalue weighted by Crippen LogP contribution is -2.34. The number of carbonyl (C=O) groups is 4. The number of hydrogen-bond donors (Lipinski definition) is 6. The molecular weight excluding hydrogens is 845 g/mol. The zero-order chi connectivity index (χ0) is 47.4. The van der Waals surface area contributed by atoms with Crippen LogP contribution in [0.25, 0.3) is 0 Å². The number of nitrogens with two attached hydrogens (primary N) is 1. The standard InChI is InChI=1S/C48H84NO14P/c1-3-5-7-8-9-10-11-12-13-14-15-16-17-18-19-20-21-22-24-29-46(54)60-35-40(36-61-64(58,59)62-37-43(49)48(56)57)63-47(55)30-26-25-28-39(51)33-42-41(44(52)34-45(42)53)32-31-38(50)27-23-6-4-2/h9-10,12-13,31-32,38,40-45,50,52-53H,3-8,11,14-30,33-37,49H2,1-2H3,(H,56,57)(H,58,59)/b10-9-,13-12-,32-31+/t38-,40+,41+,42+,43-,44+,45-/m0/s1. The number of aliphatic carboxylic acids is 1. The molecule has 1 saturated carbocycles. The highest BCUT2D eigenvalue weighted by Gasteiger charge is 2.41. The lowest BCUT2D eigenvalue weighted by atomic mass is 9.87. The quantitative estimate of drug-likeness (QED) is 0.0145. The van der Waals surface area contributed by atoms with Gasteiger partial charge in [-0.1, -0.05) is 127 Å². The van der Waals surface area contributed by atoms with Crippen LogP contribution in [0.2, 0.25) is 0 Å². The fraction of sp³-hybridized carbons (Fsp3) is 0.792. The van der Waals surface area contributed by atoms with Crippen LogP contribution in [-0.4, -0.2) is 99.3 Å². The molecule has 1 aliphatic rings. The minimum atomic E-state index is -4.83. The summed E-state index contributed by atoms with van der Waals surface area (Å²) in [7, 11) is -4.83. The number of unbranched alkanes of at least 4 members (excludes halogenated alkanes) is 15. The number of carboxylic acid groups (broad SMARTS) is 1. The zero-order valence-electron chi connectivity index (χ0n) is 38.9. The van der Waals surface area contributed by atoms with Gasteiger partial charge in [0.1, 0.15) is 18.4 Å². The van der Waals surface area contributed by atoms with Gasteiger partial charge in [-0.2, -0.15) is 0 Å². The molecule has 64 heavy (non-hydrogen) atoms. The summed E-state index contributed by atoms with van der Waals surface area (Å²) in [5.41, 5.74) is 5.33. The number of allylic oxidation sites excluding steroid dienone is 4. The molecule has 8 atom stereocenters. The van der Waals surface area contributed by atoms with E-state index in [-0.39, 0.29) is 44.3 Å². The summed E-state index contributed by atoms with van der Waals surface area (Å²) in [6, 6.07) is -1.59. The number of ketones is 1. The van der Waals surface area contributed by atoms with E-state index in [9.17, 15) is 44.0 Å². The fourth-order valence-corrected chi connectivity index (χ4v) is 8.22. The number of carbonyl (C=O) groups excluding carboxylic acids is 3. The van der Waals surface area contributed by atoms with Crippen molar-refractivity contribution in [3.8, 4) is 0 Å². The predicted octanol–water partition coefficient (Wildman–Crippen LogP) is 8.74. The maximum Gasteiger partial charge on any atom is 0.472 e.